The summed E-state index contributed by atoms with van der Waals surface area (Å²) in [5.74, 6) is -0.345. The van der Waals surface area contributed by atoms with E-state index in [1.807, 2.05) is 6.92 Å². The summed E-state index contributed by atoms with van der Waals surface area (Å²) in [6.45, 7) is 3.93. The lowest BCUT2D eigenvalue weighted by molar-refractivity contribution is -0.146. The Morgan fingerprint density at radius 2 is 2.00 bits per heavy atom. The van der Waals surface area contributed by atoms with Crippen molar-refractivity contribution in [3.05, 3.63) is 0 Å². The first-order chi connectivity index (χ1) is 5.50. The molecule has 1 heterocycles. The van der Waals surface area contributed by atoms with Crippen molar-refractivity contribution in [2.75, 3.05) is 20.8 Å². The van der Waals surface area contributed by atoms with Gasteiger partial charge >= 0.3 is 5.97 Å². The van der Waals surface area contributed by atoms with Crippen molar-refractivity contribution >= 4 is 5.97 Å². The van der Waals surface area contributed by atoms with Crippen molar-refractivity contribution in [3.63, 3.8) is 0 Å². The Bertz CT molecular complexity index is 203. The quantitative estimate of drug-likeness (QED) is 0.457. The van der Waals surface area contributed by atoms with E-state index in [0.29, 0.717) is 6.61 Å². The first kappa shape index (κ1) is 9.48. The van der Waals surface area contributed by atoms with Gasteiger partial charge in [0, 0.05) is 7.11 Å². The second kappa shape index (κ2) is 2.71. The van der Waals surface area contributed by atoms with Crippen LogP contribution in [0.3, 0.4) is 0 Å². The van der Waals surface area contributed by atoms with Gasteiger partial charge in [-0.25, -0.2) is 4.79 Å². The van der Waals surface area contributed by atoms with Crippen LogP contribution in [0.4, 0.5) is 0 Å². The van der Waals surface area contributed by atoms with Crippen LogP contribution in [0.25, 0.3) is 0 Å². The fourth-order valence-electron chi connectivity index (χ4n) is 1.32. The van der Waals surface area contributed by atoms with Gasteiger partial charge in [-0.1, -0.05) is 0 Å². The monoisotopic (exact) mass is 174 g/mol. The number of hydrogen-bond donors (Lipinski definition) is 0. The maximum absolute atomic E-state index is 11.2. The van der Waals surface area contributed by atoms with Crippen molar-refractivity contribution in [1.29, 1.82) is 0 Å². The number of ether oxygens (including phenoxy) is 3. The van der Waals surface area contributed by atoms with Gasteiger partial charge in [-0.15, -0.1) is 0 Å². The molecule has 0 bridgehead atoms. The molecule has 0 aromatic carbocycles. The van der Waals surface area contributed by atoms with E-state index in [0.717, 1.165) is 0 Å². The van der Waals surface area contributed by atoms with Gasteiger partial charge in [0.15, 0.2) is 5.60 Å². The number of carbonyl (C=O) groups is 1. The molecule has 1 saturated heterocycles. The van der Waals surface area contributed by atoms with E-state index in [9.17, 15) is 4.79 Å². The van der Waals surface area contributed by atoms with Gasteiger partial charge in [-0.3, -0.25) is 0 Å². The molecule has 1 aliphatic rings. The molecule has 0 saturated carbocycles. The Balaban J connectivity index is 2.62. The molecule has 12 heavy (non-hydrogen) atoms. The second-order valence-electron chi connectivity index (χ2n) is 3.29. The zero-order valence-electron chi connectivity index (χ0n) is 7.84. The van der Waals surface area contributed by atoms with Gasteiger partial charge in [-0.2, -0.15) is 0 Å². The Labute approximate surface area is 71.8 Å². The van der Waals surface area contributed by atoms with Gasteiger partial charge in [0.25, 0.3) is 0 Å². The molecule has 2 atom stereocenters. The lowest BCUT2D eigenvalue weighted by atomic mass is 9.97. The van der Waals surface area contributed by atoms with Crippen molar-refractivity contribution < 1.29 is 19.0 Å². The van der Waals surface area contributed by atoms with Crippen LogP contribution in [-0.4, -0.2) is 38.0 Å². The predicted octanol–water partition coefficient (Wildman–Crippen LogP) is 0.353. The summed E-state index contributed by atoms with van der Waals surface area (Å²) in [5.41, 5.74) is -1.34. The molecule has 4 nitrogen and oxygen atoms in total. The van der Waals surface area contributed by atoms with Crippen molar-refractivity contribution in [2.24, 2.45) is 0 Å². The number of methoxy groups -OCH3 is 2. The fourth-order valence-corrected chi connectivity index (χ4v) is 1.32. The Morgan fingerprint density at radius 3 is 2.42 bits per heavy atom. The number of carbonyl (C=O) groups excluding carboxylic acids is 1. The molecule has 0 amide bonds. The van der Waals surface area contributed by atoms with Crippen molar-refractivity contribution in [2.45, 2.75) is 25.0 Å². The van der Waals surface area contributed by atoms with Crippen molar-refractivity contribution in [3.8, 4) is 0 Å². The molecule has 0 aromatic rings. The summed E-state index contributed by atoms with van der Waals surface area (Å²) in [6, 6.07) is 0. The topological polar surface area (TPSA) is 48.1 Å². The largest absolute Gasteiger partial charge is 0.467 e. The minimum Gasteiger partial charge on any atom is -0.467 e. The second-order valence-corrected chi connectivity index (χ2v) is 3.29. The molecule has 1 rings (SSSR count). The minimum atomic E-state index is -0.822. The number of esters is 1. The van der Waals surface area contributed by atoms with E-state index in [1.165, 1.54) is 7.11 Å². The Morgan fingerprint density at radius 1 is 1.42 bits per heavy atom. The van der Waals surface area contributed by atoms with Crippen LogP contribution in [0, 0.1) is 0 Å². The predicted molar refractivity (Wildman–Crippen MR) is 41.8 cm³/mol. The first-order valence-electron chi connectivity index (χ1n) is 3.78. The lowest BCUT2D eigenvalue weighted by Gasteiger charge is -2.08. The third-order valence-electron chi connectivity index (χ3n) is 2.39. The summed E-state index contributed by atoms with van der Waals surface area (Å²) < 4.78 is 14.8. The molecule has 0 aromatic heterocycles. The zero-order valence-corrected chi connectivity index (χ0v) is 7.84. The number of epoxide rings is 1. The minimum absolute atomic E-state index is 0.345. The van der Waals surface area contributed by atoms with Crippen LogP contribution in [0.1, 0.15) is 13.8 Å². The lowest BCUT2D eigenvalue weighted by Crippen LogP contribution is -2.33. The first-order valence-corrected chi connectivity index (χ1v) is 3.78. The molecule has 0 spiro atoms. The smallest absolute Gasteiger partial charge is 0.341 e. The van der Waals surface area contributed by atoms with Crippen LogP contribution in [0.15, 0.2) is 0 Å². The fraction of sp³-hybridized carbons (Fsp3) is 0.875. The van der Waals surface area contributed by atoms with E-state index >= 15 is 0 Å². The third kappa shape index (κ3) is 1.11. The molecule has 70 valence electrons. The normalized spacial score (nSPS) is 39.3. The van der Waals surface area contributed by atoms with E-state index < -0.39 is 11.2 Å². The summed E-state index contributed by atoms with van der Waals surface area (Å²) in [6.07, 6.45) is 0. The van der Waals surface area contributed by atoms with E-state index in [1.54, 1.807) is 14.0 Å². The SMILES string of the molecule is COCC1(C)OC1(C)C(=O)OC. The average Bonchev–Trinajstić information content (AvgIpc) is 2.55. The highest BCUT2D eigenvalue weighted by Crippen LogP contribution is 2.48. The van der Waals surface area contributed by atoms with Gasteiger partial charge in [0.05, 0.1) is 13.7 Å². The molecule has 1 aliphatic heterocycles. The average molecular weight is 174 g/mol. The van der Waals surface area contributed by atoms with Gasteiger partial charge in [0.2, 0.25) is 0 Å². The Hall–Kier alpha value is -0.610. The molecule has 0 N–H and O–H groups in total. The zero-order chi connectivity index (χ0) is 9.41. The maximum Gasteiger partial charge on any atom is 0.341 e. The third-order valence-corrected chi connectivity index (χ3v) is 2.39. The summed E-state index contributed by atoms with van der Waals surface area (Å²) in [7, 11) is 2.92. The number of hydrogen-bond acceptors (Lipinski definition) is 4. The standard InChI is InChI=1S/C8H14O4/c1-7(5-10-3)8(2,12-7)6(9)11-4/h5H2,1-4H3. The van der Waals surface area contributed by atoms with Crippen LogP contribution >= 0.6 is 0 Å². The highest BCUT2D eigenvalue weighted by atomic mass is 16.7. The van der Waals surface area contributed by atoms with Crippen molar-refractivity contribution in [1.82, 2.24) is 0 Å². The van der Waals surface area contributed by atoms with Crippen LogP contribution in [-0.2, 0) is 19.0 Å². The van der Waals surface area contributed by atoms with Crippen LogP contribution in [0.2, 0.25) is 0 Å². The molecule has 4 heteroatoms. The van der Waals surface area contributed by atoms with Crippen LogP contribution < -0.4 is 0 Å². The molecule has 2 unspecified atom stereocenters. The Kier molecular flexibility index (Phi) is 2.14. The molecule has 1 fully saturated rings. The van der Waals surface area contributed by atoms with E-state index in [4.69, 9.17) is 9.47 Å². The van der Waals surface area contributed by atoms with Gasteiger partial charge in [0.1, 0.15) is 5.60 Å². The summed E-state index contributed by atoms with van der Waals surface area (Å²) in [4.78, 5) is 11.2. The molecule has 0 aliphatic carbocycles. The van der Waals surface area contributed by atoms with E-state index in [2.05, 4.69) is 4.74 Å². The molecule has 0 radical (unpaired) electrons. The molecular formula is C8H14O4. The summed E-state index contributed by atoms with van der Waals surface area (Å²) >= 11 is 0. The van der Waals surface area contributed by atoms with Crippen LogP contribution in [0.5, 0.6) is 0 Å². The van der Waals surface area contributed by atoms with Gasteiger partial charge in [-0.05, 0) is 13.8 Å². The van der Waals surface area contributed by atoms with E-state index in [-0.39, 0.29) is 5.97 Å². The highest BCUT2D eigenvalue weighted by molar-refractivity contribution is 5.84. The summed E-state index contributed by atoms with van der Waals surface area (Å²) in [5, 5.41) is 0. The number of rotatable bonds is 3. The van der Waals surface area contributed by atoms with Gasteiger partial charge < -0.3 is 14.2 Å². The molecular weight excluding hydrogens is 160 g/mol. The highest BCUT2D eigenvalue weighted by Gasteiger charge is 2.69. The maximum atomic E-state index is 11.2.